The first-order valence-electron chi connectivity index (χ1n) is 40.4. The molecule has 0 aliphatic carbocycles. The molecule has 0 bridgehead atoms. The molecule has 0 atom stereocenters. The molecular weight excluding hydrogens is 1480 g/mol. The molecule has 0 aliphatic heterocycles. The van der Waals surface area contributed by atoms with Crippen LogP contribution in [0.2, 0.25) is 0 Å². The molecule has 25 rings (SSSR count). The van der Waals surface area contributed by atoms with Gasteiger partial charge in [0.05, 0.1) is 88.0 Å². The fraction of sp³-hybridized carbons (Fsp3) is 0. The van der Waals surface area contributed by atoms with Gasteiger partial charge in [0, 0.05) is 116 Å². The lowest BCUT2D eigenvalue weighted by Crippen LogP contribution is -2.04. The maximum absolute atomic E-state index is 5.57. The average molecular weight is 1550 g/mol. The maximum atomic E-state index is 5.57. The summed E-state index contributed by atoms with van der Waals surface area (Å²) in [5, 5.41) is 11.3. The zero-order chi connectivity index (χ0) is 78.6. The van der Waals surface area contributed by atoms with Crippen LogP contribution in [0.1, 0.15) is 0 Å². The van der Waals surface area contributed by atoms with Gasteiger partial charge in [0.1, 0.15) is 5.82 Å². The number of hydrogen-bond acceptors (Lipinski definition) is 7. The van der Waals surface area contributed by atoms with Crippen molar-refractivity contribution < 1.29 is 0 Å². The molecule has 120 heavy (non-hydrogen) atoms. The van der Waals surface area contributed by atoms with Gasteiger partial charge in [-0.2, -0.15) is 0 Å². The Morgan fingerprint density at radius 1 is 0.192 bits per heavy atom. The molecule has 25 aromatic rings. The topological polar surface area (TPSA) is 102 Å². The first-order chi connectivity index (χ1) is 59.5. The highest BCUT2D eigenvalue weighted by Gasteiger charge is 2.25. The average Bonchev–Trinajstić information content (AvgIpc) is 1.57. The second-order valence-corrected chi connectivity index (χ2v) is 32.1. The highest BCUT2D eigenvalue weighted by molar-refractivity contribution is 7.25. The monoisotopic (exact) mass is 1550 g/mol. The summed E-state index contributed by atoms with van der Waals surface area (Å²) in [5.74, 6) is 2.01. The lowest BCUT2D eigenvalue weighted by Gasteiger charge is -2.13. The molecule has 0 unspecified atom stereocenters. The minimum atomic E-state index is 0.602. The van der Waals surface area contributed by atoms with Gasteiger partial charge in [0.15, 0.2) is 5.82 Å². The standard InChI is InChI=1S/C108H65N11S/c1-6-22-66(23-7-1)89-64-90(67-24-8-2-9-25-67)113-108(112-89)119-93-35-19-17-33-80(93)82-47-40-75(61-101(82)119)73-41-49-84-83-48-38-71(57-98(83)117(99(84)59-73)77-44-52-95-87(62-77)105-96(36-20-54-109-105)115(95)76-30-14-5-15-31-76)70-43-51-94-86(56-70)85-50-42-74(60-100(85)118(94)104-65-91(68-26-10-3-11-27-68)111-107(114-104)69-28-12-4-13-29-69)72-39-46-81-79-32-16-18-34-92(79)116(97(81)58-72)78-45-53-102-88(63-78)106-103(120-102)37-21-55-110-106/h1-65H. The smallest absolute Gasteiger partial charge is 0.235 e. The lowest BCUT2D eigenvalue weighted by atomic mass is 9.99. The summed E-state index contributed by atoms with van der Waals surface area (Å²) >= 11 is 1.79. The first kappa shape index (κ1) is 67.3. The fourth-order valence-corrected chi connectivity index (χ4v) is 19.7. The van der Waals surface area contributed by atoms with Crippen molar-refractivity contribution in [1.82, 2.24) is 52.7 Å². The van der Waals surface area contributed by atoms with Gasteiger partial charge in [-0.15, -0.1) is 11.3 Å². The normalized spacial score (nSPS) is 12.0. The van der Waals surface area contributed by atoms with Crippen LogP contribution in [0.25, 0.3) is 237 Å². The van der Waals surface area contributed by atoms with Gasteiger partial charge in [0.25, 0.3) is 0 Å². The number of nitrogens with zero attached hydrogens (tertiary/aromatic N) is 11. The first-order valence-corrected chi connectivity index (χ1v) is 41.3. The van der Waals surface area contributed by atoms with Crippen LogP contribution >= 0.6 is 11.3 Å². The van der Waals surface area contributed by atoms with Crippen LogP contribution in [0.15, 0.2) is 395 Å². The molecule has 558 valence electrons. The molecule has 0 spiro atoms. The third-order valence-electron chi connectivity index (χ3n) is 24.2. The largest absolute Gasteiger partial charge is 0.309 e. The van der Waals surface area contributed by atoms with Gasteiger partial charge in [0.2, 0.25) is 5.95 Å². The second-order valence-electron chi connectivity index (χ2n) is 31.0. The molecule has 0 fully saturated rings. The predicted molar refractivity (Wildman–Crippen MR) is 496 cm³/mol. The molecule has 0 amide bonds. The van der Waals surface area contributed by atoms with Crippen LogP contribution in [-0.2, 0) is 0 Å². The molecule has 0 saturated heterocycles. The molecule has 0 aliphatic rings. The van der Waals surface area contributed by atoms with Gasteiger partial charge >= 0.3 is 0 Å². The van der Waals surface area contributed by atoms with Crippen LogP contribution in [0, 0.1) is 0 Å². The lowest BCUT2D eigenvalue weighted by molar-refractivity contribution is 0.996. The quantitative estimate of drug-likeness (QED) is 0.121. The Kier molecular flexibility index (Phi) is 15.0. The van der Waals surface area contributed by atoms with E-state index >= 15 is 0 Å². The van der Waals surface area contributed by atoms with E-state index in [9.17, 15) is 0 Å². The van der Waals surface area contributed by atoms with E-state index in [4.69, 9.17) is 29.9 Å². The van der Waals surface area contributed by atoms with Crippen molar-refractivity contribution in [2.45, 2.75) is 0 Å². The second kappa shape index (κ2) is 26.8. The Morgan fingerprint density at radius 2 is 0.583 bits per heavy atom. The van der Waals surface area contributed by atoms with E-state index < -0.39 is 0 Å². The third kappa shape index (κ3) is 10.7. The summed E-state index contributed by atoms with van der Waals surface area (Å²) in [6.07, 6.45) is 3.81. The van der Waals surface area contributed by atoms with E-state index in [0.717, 1.165) is 205 Å². The van der Waals surface area contributed by atoms with E-state index in [1.807, 2.05) is 42.7 Å². The Bertz CT molecular complexity index is 8420. The highest BCUT2D eigenvalue weighted by atomic mass is 32.1. The summed E-state index contributed by atoms with van der Waals surface area (Å²) in [6, 6.07) is 138. The number of hydrogen-bond donors (Lipinski definition) is 0. The van der Waals surface area contributed by atoms with Crippen molar-refractivity contribution >= 4 is 141 Å². The van der Waals surface area contributed by atoms with Gasteiger partial charge in [-0.05, 0) is 167 Å². The molecule has 11 nitrogen and oxygen atoms in total. The van der Waals surface area contributed by atoms with Crippen LogP contribution in [0.4, 0.5) is 0 Å². The maximum Gasteiger partial charge on any atom is 0.235 e. The number of fused-ring (bicyclic) bond motifs is 18. The zero-order valence-electron chi connectivity index (χ0n) is 64.4. The Morgan fingerprint density at radius 3 is 1.16 bits per heavy atom. The number of rotatable bonds is 12. The van der Waals surface area contributed by atoms with Gasteiger partial charge in [-0.25, -0.2) is 19.9 Å². The van der Waals surface area contributed by atoms with Gasteiger partial charge < -0.3 is 13.7 Å². The molecule has 15 aromatic carbocycles. The van der Waals surface area contributed by atoms with Crippen LogP contribution in [0.5, 0.6) is 0 Å². The zero-order valence-corrected chi connectivity index (χ0v) is 65.2. The molecule has 10 heterocycles. The molecule has 0 radical (unpaired) electrons. The van der Waals surface area contributed by atoms with Crippen LogP contribution in [0.3, 0.4) is 0 Å². The molecule has 0 saturated carbocycles. The van der Waals surface area contributed by atoms with Crippen molar-refractivity contribution in [1.29, 1.82) is 0 Å². The highest BCUT2D eigenvalue weighted by Crippen LogP contribution is 2.46. The van der Waals surface area contributed by atoms with E-state index in [-0.39, 0.29) is 0 Å². The van der Waals surface area contributed by atoms with Crippen molar-refractivity contribution in [2.24, 2.45) is 0 Å². The number of benzene rings is 15. The fourth-order valence-electron chi connectivity index (χ4n) is 18.7. The molecule has 10 aromatic heterocycles. The van der Waals surface area contributed by atoms with Gasteiger partial charge in [-0.3, -0.25) is 19.1 Å². The summed E-state index contributed by atoms with van der Waals surface area (Å²) in [4.78, 5) is 31.7. The number of thiophene rings is 1. The molecular formula is C108H65N11S. The van der Waals surface area contributed by atoms with Crippen molar-refractivity contribution in [3.8, 4) is 107 Å². The number of pyridine rings is 2. The van der Waals surface area contributed by atoms with Crippen molar-refractivity contribution in [3.05, 3.63) is 395 Å². The summed E-state index contributed by atoms with van der Waals surface area (Å²) in [6.45, 7) is 0. The van der Waals surface area contributed by atoms with Crippen molar-refractivity contribution in [3.63, 3.8) is 0 Å². The summed E-state index contributed by atoms with van der Waals surface area (Å²) in [5.41, 5.74) is 28.7. The third-order valence-corrected chi connectivity index (χ3v) is 25.3. The van der Waals surface area contributed by atoms with Crippen LogP contribution in [-0.4, -0.2) is 52.7 Å². The van der Waals surface area contributed by atoms with E-state index in [2.05, 4.69) is 375 Å². The predicted octanol–water partition coefficient (Wildman–Crippen LogP) is 27.6. The summed E-state index contributed by atoms with van der Waals surface area (Å²) in [7, 11) is 0. The Balaban J connectivity index is 0.686. The molecule has 0 N–H and O–H groups in total. The SMILES string of the molecule is c1ccc(-c2cc(-n3c4ccc(-c5ccc6c7ccc(-c8ccc9c%10ccccc%10n(-c%10nc(-c%11ccccc%11)cc(-c%11ccccc%11)n%10)c9c8)cc7n(-c7ccc8c(c7)c7ncccc7n8-c7ccccc7)c6c5)cc4c4ccc(-c5ccc6c7ccccc7n(-c7ccc8sc9cccnc9c8c7)c6c5)cc43)nc(-c3ccccc3)n2)cc1. The Hall–Kier alpha value is -16.0. The minimum absolute atomic E-state index is 0.602. The molecule has 12 heteroatoms. The minimum Gasteiger partial charge on any atom is -0.309 e. The van der Waals surface area contributed by atoms with E-state index in [0.29, 0.717) is 11.8 Å². The van der Waals surface area contributed by atoms with E-state index in [1.54, 1.807) is 11.3 Å². The number of para-hydroxylation sites is 3. The Labute approximate surface area is 690 Å². The van der Waals surface area contributed by atoms with Crippen molar-refractivity contribution in [2.75, 3.05) is 0 Å². The van der Waals surface area contributed by atoms with Crippen LogP contribution < -0.4 is 0 Å². The number of aromatic nitrogens is 11. The van der Waals surface area contributed by atoms with Gasteiger partial charge in [-0.1, -0.05) is 243 Å². The van der Waals surface area contributed by atoms with E-state index in [1.165, 1.54) is 20.2 Å². The summed E-state index contributed by atoms with van der Waals surface area (Å²) < 4.78 is 14.2.